The van der Waals surface area contributed by atoms with E-state index in [4.69, 9.17) is 4.74 Å². The minimum Gasteiger partial charge on any atom is -0.497 e. The maximum atomic E-state index is 13.2. The number of methoxy groups -OCH3 is 1. The molecule has 3 amide bonds. The molecule has 0 bridgehead atoms. The Kier molecular flexibility index (Phi) is 6.23. The summed E-state index contributed by atoms with van der Waals surface area (Å²) < 4.78 is 18.3. The molecule has 1 aliphatic heterocycles. The second-order valence-electron chi connectivity index (χ2n) is 7.06. The van der Waals surface area contributed by atoms with Crippen LogP contribution in [0.25, 0.3) is 0 Å². The van der Waals surface area contributed by atoms with E-state index in [1.807, 2.05) is 0 Å². The van der Waals surface area contributed by atoms with Gasteiger partial charge in [-0.05, 0) is 66.7 Å². The lowest BCUT2D eigenvalue weighted by atomic mass is 10.2. The number of carbonyl (C=O) groups excluding carboxylic acids is 3. The first-order valence-corrected chi connectivity index (χ1v) is 10.7. The topological polar surface area (TPSA) is 75.7 Å². The lowest BCUT2D eigenvalue weighted by Gasteiger charge is -2.15. The highest BCUT2D eigenvalue weighted by Gasteiger charge is 2.40. The predicted molar refractivity (Wildman–Crippen MR) is 121 cm³/mol. The van der Waals surface area contributed by atoms with Gasteiger partial charge in [-0.1, -0.05) is 6.07 Å². The van der Waals surface area contributed by atoms with Gasteiger partial charge in [0.25, 0.3) is 5.91 Å². The summed E-state index contributed by atoms with van der Waals surface area (Å²) in [5.74, 6) is -0.758. The van der Waals surface area contributed by atoms with Crippen molar-refractivity contribution in [2.45, 2.75) is 16.6 Å². The molecule has 6 nitrogen and oxygen atoms in total. The van der Waals surface area contributed by atoms with Gasteiger partial charge in [-0.25, -0.2) is 9.29 Å². The number of thioether (sulfide) groups is 1. The van der Waals surface area contributed by atoms with Crippen molar-refractivity contribution < 1.29 is 23.5 Å². The summed E-state index contributed by atoms with van der Waals surface area (Å²) >= 11 is 1.28. The van der Waals surface area contributed by atoms with E-state index in [9.17, 15) is 18.8 Å². The number of nitrogens with one attached hydrogen (secondary N) is 1. The Morgan fingerprint density at radius 1 is 1.06 bits per heavy atom. The van der Waals surface area contributed by atoms with Gasteiger partial charge in [-0.2, -0.15) is 0 Å². The molecule has 1 aliphatic rings. The average molecular weight is 450 g/mol. The molecule has 0 spiro atoms. The molecule has 162 valence electrons. The Hall–Kier alpha value is -3.65. The Morgan fingerprint density at radius 3 is 2.47 bits per heavy atom. The van der Waals surface area contributed by atoms with Crippen molar-refractivity contribution in [3.8, 4) is 5.75 Å². The first-order chi connectivity index (χ1) is 15.4. The van der Waals surface area contributed by atoms with E-state index in [0.29, 0.717) is 22.7 Å². The first-order valence-electron chi connectivity index (χ1n) is 9.79. The molecule has 3 aromatic carbocycles. The van der Waals surface area contributed by atoms with Crippen LogP contribution in [0.4, 0.5) is 15.8 Å². The molecule has 1 fully saturated rings. The predicted octanol–water partition coefficient (Wildman–Crippen LogP) is 4.51. The van der Waals surface area contributed by atoms with Gasteiger partial charge >= 0.3 is 0 Å². The third kappa shape index (κ3) is 4.65. The Morgan fingerprint density at radius 2 is 1.78 bits per heavy atom. The fourth-order valence-electron chi connectivity index (χ4n) is 3.31. The number of nitrogens with zero attached hydrogens (tertiary/aromatic N) is 1. The summed E-state index contributed by atoms with van der Waals surface area (Å²) in [6, 6.07) is 19.1. The molecule has 1 saturated heterocycles. The molecule has 0 saturated carbocycles. The normalized spacial score (nSPS) is 15.7. The SMILES string of the molecule is COc1cccc(C(=O)Nc2ccc(SC3CC(=O)N(c4ccc(F)cc4)C3=O)cc2)c1. The molecular formula is C24H19FN2O4S. The first kappa shape index (κ1) is 21.6. The van der Waals surface area contributed by atoms with E-state index in [2.05, 4.69) is 5.32 Å². The zero-order chi connectivity index (χ0) is 22.7. The minimum absolute atomic E-state index is 0.0647. The fraction of sp³-hybridized carbons (Fsp3) is 0.125. The van der Waals surface area contributed by atoms with E-state index in [1.54, 1.807) is 48.5 Å². The van der Waals surface area contributed by atoms with Crippen molar-refractivity contribution in [2.75, 3.05) is 17.3 Å². The molecule has 8 heteroatoms. The highest BCUT2D eigenvalue weighted by Crippen LogP contribution is 2.34. The van der Waals surface area contributed by atoms with Crippen LogP contribution in [0.15, 0.2) is 77.7 Å². The zero-order valence-corrected chi connectivity index (χ0v) is 17.9. The number of halogens is 1. The number of hydrogen-bond donors (Lipinski definition) is 1. The highest BCUT2D eigenvalue weighted by atomic mass is 32.2. The quantitative estimate of drug-likeness (QED) is 0.560. The van der Waals surface area contributed by atoms with Gasteiger partial charge in [0.2, 0.25) is 11.8 Å². The molecule has 0 aromatic heterocycles. The summed E-state index contributed by atoms with van der Waals surface area (Å²) in [4.78, 5) is 39.4. The van der Waals surface area contributed by atoms with Crippen LogP contribution in [0.2, 0.25) is 0 Å². The van der Waals surface area contributed by atoms with E-state index >= 15 is 0 Å². The maximum absolute atomic E-state index is 13.2. The largest absolute Gasteiger partial charge is 0.497 e. The Bertz CT molecular complexity index is 1170. The van der Waals surface area contributed by atoms with Gasteiger partial charge in [0.05, 0.1) is 18.0 Å². The summed E-state index contributed by atoms with van der Waals surface area (Å²) in [5, 5.41) is 2.25. The molecular weight excluding hydrogens is 431 g/mol. The number of ether oxygens (including phenoxy) is 1. The number of hydrogen-bond acceptors (Lipinski definition) is 5. The van der Waals surface area contributed by atoms with E-state index in [0.717, 1.165) is 9.80 Å². The number of anilines is 2. The molecule has 1 N–H and O–H groups in total. The number of imide groups is 1. The Labute approximate surface area is 188 Å². The van der Waals surface area contributed by atoms with E-state index in [-0.39, 0.29) is 24.1 Å². The van der Waals surface area contributed by atoms with Gasteiger partial charge < -0.3 is 10.1 Å². The summed E-state index contributed by atoms with van der Waals surface area (Å²) in [7, 11) is 1.54. The minimum atomic E-state index is -0.565. The van der Waals surface area contributed by atoms with Crippen molar-refractivity contribution in [3.63, 3.8) is 0 Å². The number of carbonyl (C=O) groups is 3. The van der Waals surface area contributed by atoms with Crippen LogP contribution < -0.4 is 15.0 Å². The number of amides is 3. The second-order valence-corrected chi connectivity index (χ2v) is 8.34. The van der Waals surface area contributed by atoms with Crippen LogP contribution in [0.5, 0.6) is 5.75 Å². The third-order valence-electron chi connectivity index (χ3n) is 4.91. The lowest BCUT2D eigenvalue weighted by Crippen LogP contribution is -2.31. The van der Waals surface area contributed by atoms with Crippen molar-refractivity contribution >= 4 is 40.9 Å². The van der Waals surface area contributed by atoms with E-state index < -0.39 is 11.1 Å². The van der Waals surface area contributed by atoms with Crippen molar-refractivity contribution in [1.82, 2.24) is 0 Å². The van der Waals surface area contributed by atoms with Gasteiger partial charge in [0.1, 0.15) is 11.6 Å². The van der Waals surface area contributed by atoms with Crippen LogP contribution >= 0.6 is 11.8 Å². The zero-order valence-electron chi connectivity index (χ0n) is 17.1. The van der Waals surface area contributed by atoms with Gasteiger partial charge in [0.15, 0.2) is 0 Å². The number of rotatable bonds is 6. The van der Waals surface area contributed by atoms with Crippen LogP contribution in [-0.2, 0) is 9.59 Å². The smallest absolute Gasteiger partial charge is 0.255 e. The standard InChI is InChI=1S/C24H19FN2O4S/c1-31-19-4-2-3-15(13-19)23(29)26-17-7-11-20(12-8-17)32-21-14-22(28)27(24(21)30)18-9-5-16(25)6-10-18/h2-13,21H,14H2,1H3,(H,26,29). The molecule has 4 rings (SSSR count). The van der Waals surface area contributed by atoms with Crippen molar-refractivity contribution in [3.05, 3.63) is 84.2 Å². The van der Waals surface area contributed by atoms with Crippen LogP contribution in [0.1, 0.15) is 16.8 Å². The molecule has 0 radical (unpaired) electrons. The highest BCUT2D eigenvalue weighted by molar-refractivity contribution is 8.00. The van der Waals surface area contributed by atoms with Crippen molar-refractivity contribution in [2.24, 2.45) is 0 Å². The van der Waals surface area contributed by atoms with Gasteiger partial charge in [-0.3, -0.25) is 14.4 Å². The third-order valence-corrected chi connectivity index (χ3v) is 6.11. The van der Waals surface area contributed by atoms with Crippen LogP contribution in [0, 0.1) is 5.82 Å². The fourth-order valence-corrected chi connectivity index (χ4v) is 4.36. The molecule has 1 atom stereocenters. The van der Waals surface area contributed by atoms with Crippen molar-refractivity contribution in [1.29, 1.82) is 0 Å². The number of benzene rings is 3. The molecule has 3 aromatic rings. The Balaban J connectivity index is 1.40. The summed E-state index contributed by atoms with van der Waals surface area (Å²) in [6.07, 6.45) is 0.0647. The maximum Gasteiger partial charge on any atom is 0.255 e. The average Bonchev–Trinajstić information content (AvgIpc) is 3.08. The summed E-state index contributed by atoms with van der Waals surface area (Å²) in [6.45, 7) is 0. The van der Waals surface area contributed by atoms with Gasteiger partial charge in [0, 0.05) is 22.6 Å². The summed E-state index contributed by atoms with van der Waals surface area (Å²) in [5.41, 5.74) is 1.43. The molecule has 32 heavy (non-hydrogen) atoms. The van der Waals surface area contributed by atoms with E-state index in [1.165, 1.54) is 43.1 Å². The molecule has 1 heterocycles. The molecule has 0 aliphatic carbocycles. The van der Waals surface area contributed by atoms with Gasteiger partial charge in [-0.15, -0.1) is 11.8 Å². The lowest BCUT2D eigenvalue weighted by molar-refractivity contribution is -0.121. The monoisotopic (exact) mass is 450 g/mol. The molecule has 1 unspecified atom stereocenters. The van der Waals surface area contributed by atoms with Crippen LogP contribution in [0.3, 0.4) is 0 Å². The second kappa shape index (κ2) is 9.23. The van der Waals surface area contributed by atoms with Crippen LogP contribution in [-0.4, -0.2) is 30.1 Å².